The van der Waals surface area contributed by atoms with Crippen LogP contribution in [0.4, 0.5) is 0 Å². The highest BCUT2D eigenvalue weighted by molar-refractivity contribution is 4.89. The zero-order valence-electron chi connectivity index (χ0n) is 12.4. The molecule has 5 nitrogen and oxygen atoms in total. The van der Waals surface area contributed by atoms with Crippen molar-refractivity contribution in [2.45, 2.75) is 77.8 Å². The summed E-state index contributed by atoms with van der Waals surface area (Å²) in [7, 11) is 0. The van der Waals surface area contributed by atoms with Gasteiger partial charge in [0.2, 0.25) is 0 Å². The van der Waals surface area contributed by atoms with Gasteiger partial charge in [0.15, 0.2) is 0 Å². The summed E-state index contributed by atoms with van der Waals surface area (Å²) in [5.41, 5.74) is 2.91. The summed E-state index contributed by atoms with van der Waals surface area (Å²) >= 11 is 0. The fourth-order valence-corrected chi connectivity index (χ4v) is 2.35. The van der Waals surface area contributed by atoms with Crippen molar-refractivity contribution in [3.63, 3.8) is 0 Å². The predicted molar refractivity (Wildman–Crippen MR) is 78.5 cm³/mol. The molecule has 1 heterocycles. The molecule has 1 rings (SSSR count). The second-order valence-electron chi connectivity index (χ2n) is 5.12. The number of rotatable bonds is 11. The number of unbranched alkanes of at least 4 members (excludes halogenated alkanes) is 5. The molecule has 0 spiro atoms. The SMILES string of the molecule is CCCCCCCCC(Cc1ncnn1CC)NN. The van der Waals surface area contributed by atoms with Gasteiger partial charge >= 0.3 is 0 Å². The van der Waals surface area contributed by atoms with Crippen molar-refractivity contribution in [3.05, 3.63) is 12.2 Å². The van der Waals surface area contributed by atoms with Crippen LogP contribution in [-0.4, -0.2) is 20.8 Å². The number of aryl methyl sites for hydroxylation is 1. The van der Waals surface area contributed by atoms with E-state index in [-0.39, 0.29) is 0 Å². The first-order chi connectivity index (χ1) is 9.31. The second kappa shape index (κ2) is 9.92. The number of hydrazine groups is 1. The van der Waals surface area contributed by atoms with Gasteiger partial charge in [-0.1, -0.05) is 45.4 Å². The molecule has 5 heteroatoms. The maximum absolute atomic E-state index is 5.64. The van der Waals surface area contributed by atoms with Crippen LogP contribution in [0.15, 0.2) is 6.33 Å². The largest absolute Gasteiger partial charge is 0.271 e. The highest BCUT2D eigenvalue weighted by Gasteiger charge is 2.11. The maximum atomic E-state index is 5.64. The molecule has 0 bridgehead atoms. The summed E-state index contributed by atoms with van der Waals surface area (Å²) in [5, 5.41) is 4.19. The summed E-state index contributed by atoms with van der Waals surface area (Å²) < 4.78 is 1.94. The van der Waals surface area contributed by atoms with Gasteiger partial charge in [0.05, 0.1) is 0 Å². The number of hydrogen-bond acceptors (Lipinski definition) is 4. The van der Waals surface area contributed by atoms with Crippen LogP contribution in [0.1, 0.15) is 64.6 Å². The van der Waals surface area contributed by atoms with Crippen molar-refractivity contribution in [1.82, 2.24) is 20.2 Å². The molecule has 1 unspecified atom stereocenters. The third-order valence-corrected chi connectivity index (χ3v) is 3.57. The minimum absolute atomic E-state index is 0.306. The lowest BCUT2D eigenvalue weighted by Gasteiger charge is -2.15. The van der Waals surface area contributed by atoms with Crippen LogP contribution in [0.3, 0.4) is 0 Å². The van der Waals surface area contributed by atoms with E-state index in [4.69, 9.17) is 5.84 Å². The molecule has 0 amide bonds. The van der Waals surface area contributed by atoms with Crippen LogP contribution in [0.2, 0.25) is 0 Å². The van der Waals surface area contributed by atoms with E-state index in [0.29, 0.717) is 6.04 Å². The van der Waals surface area contributed by atoms with E-state index in [1.807, 2.05) is 4.68 Å². The van der Waals surface area contributed by atoms with Crippen molar-refractivity contribution < 1.29 is 0 Å². The average Bonchev–Trinajstić information content (AvgIpc) is 2.88. The van der Waals surface area contributed by atoms with E-state index in [2.05, 4.69) is 29.4 Å². The Bertz CT molecular complexity index is 323. The van der Waals surface area contributed by atoms with Gasteiger partial charge in [-0.3, -0.25) is 16.0 Å². The van der Waals surface area contributed by atoms with Crippen LogP contribution in [0.25, 0.3) is 0 Å². The second-order valence-corrected chi connectivity index (χ2v) is 5.12. The summed E-state index contributed by atoms with van der Waals surface area (Å²) in [5.74, 6) is 6.66. The molecule has 0 saturated carbocycles. The van der Waals surface area contributed by atoms with Crippen molar-refractivity contribution in [3.8, 4) is 0 Å². The van der Waals surface area contributed by atoms with Crippen molar-refractivity contribution in [2.24, 2.45) is 5.84 Å². The summed E-state index contributed by atoms with van der Waals surface area (Å²) in [6.45, 7) is 5.19. The van der Waals surface area contributed by atoms with E-state index in [9.17, 15) is 0 Å². The molecule has 0 saturated heterocycles. The van der Waals surface area contributed by atoms with Gasteiger partial charge in [-0.05, 0) is 13.3 Å². The lowest BCUT2D eigenvalue weighted by atomic mass is 10.0. The molecule has 110 valence electrons. The molecule has 0 aliphatic rings. The first-order valence-electron chi connectivity index (χ1n) is 7.64. The monoisotopic (exact) mass is 267 g/mol. The Labute approximate surface area is 116 Å². The Morgan fingerprint density at radius 2 is 1.95 bits per heavy atom. The number of nitrogens with one attached hydrogen (secondary N) is 1. The lowest BCUT2D eigenvalue weighted by molar-refractivity contribution is 0.442. The van der Waals surface area contributed by atoms with E-state index < -0.39 is 0 Å². The Kier molecular flexibility index (Phi) is 8.41. The van der Waals surface area contributed by atoms with Gasteiger partial charge < -0.3 is 0 Å². The Morgan fingerprint density at radius 3 is 2.63 bits per heavy atom. The fourth-order valence-electron chi connectivity index (χ4n) is 2.35. The fraction of sp³-hybridized carbons (Fsp3) is 0.857. The van der Waals surface area contributed by atoms with Crippen LogP contribution < -0.4 is 11.3 Å². The van der Waals surface area contributed by atoms with Crippen molar-refractivity contribution in [2.75, 3.05) is 0 Å². The zero-order valence-corrected chi connectivity index (χ0v) is 12.4. The van der Waals surface area contributed by atoms with Gasteiger partial charge in [-0.2, -0.15) is 5.10 Å². The van der Waals surface area contributed by atoms with E-state index in [0.717, 1.165) is 25.2 Å². The molecule has 1 aromatic rings. The van der Waals surface area contributed by atoms with Crippen LogP contribution in [0.5, 0.6) is 0 Å². The number of aromatic nitrogens is 3. The molecule has 19 heavy (non-hydrogen) atoms. The average molecular weight is 267 g/mol. The Morgan fingerprint density at radius 1 is 1.21 bits per heavy atom. The Hall–Kier alpha value is -0.940. The number of hydrogen-bond donors (Lipinski definition) is 2. The molecule has 0 aliphatic carbocycles. The van der Waals surface area contributed by atoms with E-state index in [1.54, 1.807) is 6.33 Å². The van der Waals surface area contributed by atoms with Crippen molar-refractivity contribution in [1.29, 1.82) is 0 Å². The third kappa shape index (κ3) is 6.16. The molecular formula is C14H29N5. The van der Waals surface area contributed by atoms with Gasteiger partial charge in [0.1, 0.15) is 12.2 Å². The predicted octanol–water partition coefficient (Wildman–Crippen LogP) is 2.42. The van der Waals surface area contributed by atoms with Gasteiger partial charge in [0.25, 0.3) is 0 Å². The zero-order chi connectivity index (χ0) is 13.9. The van der Waals surface area contributed by atoms with E-state index in [1.165, 1.54) is 38.5 Å². The van der Waals surface area contributed by atoms with Crippen LogP contribution in [-0.2, 0) is 13.0 Å². The number of nitrogens with two attached hydrogens (primary N) is 1. The summed E-state index contributed by atoms with van der Waals surface area (Å²) in [4.78, 5) is 4.30. The van der Waals surface area contributed by atoms with Crippen molar-refractivity contribution >= 4 is 0 Å². The van der Waals surface area contributed by atoms with Gasteiger partial charge in [0, 0.05) is 19.0 Å². The molecular weight excluding hydrogens is 238 g/mol. The maximum Gasteiger partial charge on any atom is 0.138 e. The lowest BCUT2D eigenvalue weighted by Crippen LogP contribution is -2.37. The molecule has 1 atom stereocenters. The highest BCUT2D eigenvalue weighted by Crippen LogP contribution is 2.10. The van der Waals surface area contributed by atoms with E-state index >= 15 is 0 Å². The standard InChI is InChI=1S/C14H29N5/c1-3-5-6-7-8-9-10-13(18-15)11-14-16-12-17-19(14)4-2/h12-13,18H,3-11,15H2,1-2H3. The molecule has 0 aliphatic heterocycles. The molecule has 0 radical (unpaired) electrons. The highest BCUT2D eigenvalue weighted by atomic mass is 15.3. The smallest absolute Gasteiger partial charge is 0.138 e. The quantitative estimate of drug-likeness (QED) is 0.367. The normalized spacial score (nSPS) is 12.8. The summed E-state index contributed by atoms with van der Waals surface area (Å²) in [6, 6.07) is 0.306. The minimum Gasteiger partial charge on any atom is -0.271 e. The summed E-state index contributed by atoms with van der Waals surface area (Å²) in [6.07, 6.45) is 11.5. The first-order valence-corrected chi connectivity index (χ1v) is 7.64. The number of nitrogens with zero attached hydrogens (tertiary/aromatic N) is 3. The molecule has 0 aromatic carbocycles. The minimum atomic E-state index is 0.306. The molecule has 1 aromatic heterocycles. The molecule has 0 fully saturated rings. The topological polar surface area (TPSA) is 68.8 Å². The van der Waals surface area contributed by atoms with Gasteiger partial charge in [-0.25, -0.2) is 4.98 Å². The molecule has 3 N–H and O–H groups in total. The Balaban J connectivity index is 2.22. The van der Waals surface area contributed by atoms with Crippen LogP contribution >= 0.6 is 0 Å². The third-order valence-electron chi connectivity index (χ3n) is 3.57. The first kappa shape index (κ1) is 16.1. The van der Waals surface area contributed by atoms with Gasteiger partial charge in [-0.15, -0.1) is 0 Å². The van der Waals surface area contributed by atoms with Crippen LogP contribution in [0, 0.1) is 0 Å².